The Balaban J connectivity index is 1.95. The molecule has 4 nitrogen and oxygen atoms in total. The topological polar surface area (TPSA) is 57.6 Å². The van der Waals surface area contributed by atoms with Gasteiger partial charge in [-0.25, -0.2) is 0 Å². The second-order valence-electron chi connectivity index (χ2n) is 7.79. The van der Waals surface area contributed by atoms with Crippen molar-refractivity contribution in [1.82, 2.24) is 4.90 Å². The summed E-state index contributed by atoms with van der Waals surface area (Å²) in [5.41, 5.74) is 1.33. The normalized spacial score (nSPS) is 29.8. The second kappa shape index (κ2) is 6.43. The van der Waals surface area contributed by atoms with Crippen LogP contribution in [0.25, 0.3) is 0 Å². The molecule has 22 heavy (non-hydrogen) atoms. The van der Waals surface area contributed by atoms with E-state index >= 15 is 0 Å². The fourth-order valence-electron chi connectivity index (χ4n) is 3.84. The smallest absolute Gasteiger partial charge is 0.303 e. The first-order valence-corrected chi connectivity index (χ1v) is 8.39. The molecule has 0 bridgehead atoms. The van der Waals surface area contributed by atoms with Gasteiger partial charge in [0.2, 0.25) is 5.91 Å². The van der Waals surface area contributed by atoms with Crippen LogP contribution in [-0.2, 0) is 9.59 Å². The van der Waals surface area contributed by atoms with Crippen molar-refractivity contribution >= 4 is 11.9 Å². The molecule has 0 aromatic heterocycles. The predicted molar refractivity (Wildman–Crippen MR) is 86.4 cm³/mol. The van der Waals surface area contributed by atoms with Crippen LogP contribution in [0, 0.1) is 23.2 Å². The minimum Gasteiger partial charge on any atom is -0.481 e. The van der Waals surface area contributed by atoms with E-state index in [0.717, 1.165) is 25.9 Å². The van der Waals surface area contributed by atoms with Gasteiger partial charge in [-0.3, -0.25) is 9.59 Å². The Bertz CT molecular complexity index is 477. The molecule has 2 rings (SSSR count). The van der Waals surface area contributed by atoms with Gasteiger partial charge in [-0.2, -0.15) is 0 Å². The van der Waals surface area contributed by atoms with Gasteiger partial charge < -0.3 is 10.0 Å². The number of carboxylic acids is 1. The highest BCUT2D eigenvalue weighted by Crippen LogP contribution is 2.60. The van der Waals surface area contributed by atoms with Gasteiger partial charge in [0.05, 0.1) is 5.92 Å². The van der Waals surface area contributed by atoms with Crippen molar-refractivity contribution in [3.63, 3.8) is 0 Å². The summed E-state index contributed by atoms with van der Waals surface area (Å²) in [6, 6.07) is 0. The number of rotatable bonds is 5. The third-order valence-electron chi connectivity index (χ3n) is 5.29. The molecule has 1 N–H and O–H groups in total. The van der Waals surface area contributed by atoms with E-state index in [2.05, 4.69) is 33.8 Å². The van der Waals surface area contributed by atoms with E-state index in [1.165, 1.54) is 5.57 Å². The first kappa shape index (κ1) is 17.0. The van der Waals surface area contributed by atoms with E-state index in [1.54, 1.807) is 0 Å². The zero-order valence-electron chi connectivity index (χ0n) is 14.3. The largest absolute Gasteiger partial charge is 0.481 e. The van der Waals surface area contributed by atoms with Crippen molar-refractivity contribution in [1.29, 1.82) is 0 Å². The molecule has 2 fully saturated rings. The quantitative estimate of drug-likeness (QED) is 0.793. The molecule has 1 aliphatic heterocycles. The van der Waals surface area contributed by atoms with Crippen LogP contribution in [0.15, 0.2) is 11.6 Å². The Labute approximate surface area is 133 Å². The number of amides is 1. The van der Waals surface area contributed by atoms with Crippen LogP contribution >= 0.6 is 0 Å². The van der Waals surface area contributed by atoms with Crippen LogP contribution in [0.5, 0.6) is 0 Å². The summed E-state index contributed by atoms with van der Waals surface area (Å²) in [7, 11) is 0. The van der Waals surface area contributed by atoms with Gasteiger partial charge in [0.1, 0.15) is 0 Å². The third kappa shape index (κ3) is 3.71. The molecule has 1 amide bonds. The Morgan fingerprint density at radius 1 is 1.32 bits per heavy atom. The molecular formula is C18H29NO3. The third-order valence-corrected chi connectivity index (χ3v) is 5.29. The van der Waals surface area contributed by atoms with Crippen LogP contribution < -0.4 is 0 Å². The van der Waals surface area contributed by atoms with Gasteiger partial charge >= 0.3 is 5.97 Å². The molecule has 3 atom stereocenters. The number of carboxylic acid groups (broad SMARTS) is 1. The van der Waals surface area contributed by atoms with E-state index in [-0.39, 0.29) is 23.7 Å². The molecule has 124 valence electrons. The zero-order chi connectivity index (χ0) is 16.5. The Morgan fingerprint density at radius 3 is 2.59 bits per heavy atom. The maximum atomic E-state index is 12.8. The monoisotopic (exact) mass is 307 g/mol. The number of carbonyl (C=O) groups excluding carboxylic acids is 1. The highest BCUT2D eigenvalue weighted by Gasteiger charge is 2.61. The van der Waals surface area contributed by atoms with Gasteiger partial charge in [-0.05, 0) is 50.4 Å². The number of hydrogen-bond acceptors (Lipinski definition) is 2. The molecule has 1 aliphatic carbocycles. The number of carbonyl (C=O) groups is 2. The van der Waals surface area contributed by atoms with Gasteiger partial charge in [-0.15, -0.1) is 0 Å². The molecule has 2 aliphatic rings. The number of likely N-dealkylation sites (tertiary alicyclic amines) is 1. The van der Waals surface area contributed by atoms with Crippen LogP contribution in [-0.4, -0.2) is 35.0 Å². The first-order chi connectivity index (χ1) is 10.2. The number of piperidine rings is 1. The first-order valence-electron chi connectivity index (χ1n) is 8.39. The summed E-state index contributed by atoms with van der Waals surface area (Å²) in [4.78, 5) is 25.5. The Hall–Kier alpha value is -1.32. The molecule has 1 saturated carbocycles. The molecule has 1 heterocycles. The molecule has 0 unspecified atom stereocenters. The van der Waals surface area contributed by atoms with Crippen LogP contribution in [0.1, 0.15) is 53.4 Å². The average molecular weight is 307 g/mol. The molecule has 0 radical (unpaired) electrons. The van der Waals surface area contributed by atoms with E-state index in [9.17, 15) is 9.59 Å². The lowest BCUT2D eigenvalue weighted by Crippen LogP contribution is -2.41. The average Bonchev–Trinajstić information content (AvgIpc) is 2.96. The highest BCUT2D eigenvalue weighted by atomic mass is 16.4. The van der Waals surface area contributed by atoms with Crippen LogP contribution in [0.3, 0.4) is 0 Å². The SMILES string of the molecule is CC(C)=C[C@@H]1[C@H](C(=O)N2CCC[C@H](CCC(=O)O)C2)C1(C)C. The molecule has 4 heteroatoms. The van der Waals surface area contributed by atoms with E-state index in [1.807, 2.05) is 4.90 Å². The van der Waals surface area contributed by atoms with E-state index < -0.39 is 5.97 Å². The van der Waals surface area contributed by atoms with Gasteiger partial charge in [0, 0.05) is 19.5 Å². The fraction of sp³-hybridized carbons (Fsp3) is 0.778. The number of hydrogen-bond donors (Lipinski definition) is 1. The fourth-order valence-corrected chi connectivity index (χ4v) is 3.84. The van der Waals surface area contributed by atoms with Crippen LogP contribution in [0.2, 0.25) is 0 Å². The van der Waals surface area contributed by atoms with Crippen molar-refractivity contribution in [2.45, 2.75) is 53.4 Å². The number of aliphatic carboxylic acids is 1. The maximum Gasteiger partial charge on any atom is 0.303 e. The lowest BCUT2D eigenvalue weighted by molar-refractivity contribution is -0.137. The van der Waals surface area contributed by atoms with Crippen LogP contribution in [0.4, 0.5) is 0 Å². The zero-order valence-corrected chi connectivity index (χ0v) is 14.3. The van der Waals surface area contributed by atoms with E-state index in [4.69, 9.17) is 5.11 Å². The second-order valence-corrected chi connectivity index (χ2v) is 7.79. The Kier molecular flexibility index (Phi) is 4.98. The summed E-state index contributed by atoms with van der Waals surface area (Å²) in [6.07, 6.45) is 5.17. The summed E-state index contributed by atoms with van der Waals surface area (Å²) in [6.45, 7) is 10.1. The Morgan fingerprint density at radius 2 is 2.00 bits per heavy atom. The van der Waals surface area contributed by atoms with E-state index in [0.29, 0.717) is 18.3 Å². The van der Waals surface area contributed by atoms with Crippen molar-refractivity contribution in [3.8, 4) is 0 Å². The maximum absolute atomic E-state index is 12.8. The minimum atomic E-state index is -0.740. The molecular weight excluding hydrogens is 278 g/mol. The molecule has 0 spiro atoms. The number of allylic oxidation sites excluding steroid dienone is 2. The van der Waals surface area contributed by atoms with Crippen molar-refractivity contribution in [2.75, 3.05) is 13.1 Å². The summed E-state index contributed by atoms with van der Waals surface area (Å²) in [5.74, 6) is 0.325. The van der Waals surface area contributed by atoms with Gasteiger partial charge in [-0.1, -0.05) is 25.5 Å². The molecule has 1 saturated heterocycles. The molecule has 0 aromatic rings. The molecule has 0 aromatic carbocycles. The summed E-state index contributed by atoms with van der Waals surface area (Å²) in [5, 5.41) is 8.82. The lowest BCUT2D eigenvalue weighted by atomic mass is 9.93. The predicted octanol–water partition coefficient (Wildman–Crippen LogP) is 3.33. The number of nitrogens with zero attached hydrogens (tertiary/aromatic N) is 1. The van der Waals surface area contributed by atoms with Crippen molar-refractivity contribution in [3.05, 3.63) is 11.6 Å². The van der Waals surface area contributed by atoms with Gasteiger partial charge in [0.25, 0.3) is 0 Å². The highest BCUT2D eigenvalue weighted by molar-refractivity contribution is 5.84. The van der Waals surface area contributed by atoms with Crippen molar-refractivity contribution < 1.29 is 14.7 Å². The van der Waals surface area contributed by atoms with Gasteiger partial charge in [0.15, 0.2) is 0 Å². The minimum absolute atomic E-state index is 0.0579. The van der Waals surface area contributed by atoms with Crippen molar-refractivity contribution in [2.24, 2.45) is 23.2 Å². The summed E-state index contributed by atoms with van der Waals surface area (Å²) < 4.78 is 0. The summed E-state index contributed by atoms with van der Waals surface area (Å²) >= 11 is 0. The standard InChI is InChI=1S/C18H29NO3/c1-12(2)10-14-16(18(14,3)4)17(22)19-9-5-6-13(11-19)7-8-15(20)21/h10,13-14,16H,5-9,11H2,1-4H3,(H,20,21)/t13-,14-,16-/m1/s1. The lowest BCUT2D eigenvalue weighted by Gasteiger charge is -2.33.